The molecule has 4 aromatic carbocycles. The van der Waals surface area contributed by atoms with Crippen LogP contribution in [-0.2, 0) is 32.6 Å². The third kappa shape index (κ3) is 9.65. The molecule has 8 nitrogen and oxygen atoms in total. The van der Waals surface area contributed by atoms with E-state index >= 15 is 0 Å². The molecule has 248 valence electrons. The molecule has 0 spiro atoms. The van der Waals surface area contributed by atoms with Crippen molar-refractivity contribution in [3.63, 3.8) is 0 Å². The van der Waals surface area contributed by atoms with Crippen LogP contribution in [0.5, 0.6) is 5.75 Å². The summed E-state index contributed by atoms with van der Waals surface area (Å²) >= 11 is 3.35. The van der Waals surface area contributed by atoms with E-state index in [-0.39, 0.29) is 35.5 Å². The molecule has 2 atom stereocenters. The van der Waals surface area contributed by atoms with Gasteiger partial charge in [0.1, 0.15) is 24.2 Å². The van der Waals surface area contributed by atoms with Crippen molar-refractivity contribution in [2.45, 2.75) is 57.1 Å². The largest absolute Gasteiger partial charge is 0.494 e. The molecular formula is C36H39BrFN3O5S. The fraction of sp³-hybridized carbons (Fsp3) is 0.278. The molecule has 0 heterocycles. The number of amides is 2. The van der Waals surface area contributed by atoms with Gasteiger partial charge in [-0.2, -0.15) is 0 Å². The maximum Gasteiger partial charge on any atom is 0.264 e. The van der Waals surface area contributed by atoms with Gasteiger partial charge in [-0.1, -0.05) is 65.3 Å². The molecule has 0 aromatic heterocycles. The second-order valence-electron chi connectivity index (χ2n) is 11.1. The maximum atomic E-state index is 14.5. The molecule has 0 aliphatic carbocycles. The molecule has 0 aliphatic heterocycles. The van der Waals surface area contributed by atoms with Crippen LogP contribution in [0.2, 0.25) is 0 Å². The van der Waals surface area contributed by atoms with Crippen LogP contribution >= 0.6 is 15.9 Å². The average Bonchev–Trinajstić information content (AvgIpc) is 3.07. The van der Waals surface area contributed by atoms with Crippen molar-refractivity contribution in [2.24, 2.45) is 0 Å². The molecular weight excluding hydrogens is 685 g/mol. The third-order valence-corrected chi connectivity index (χ3v) is 9.97. The highest BCUT2D eigenvalue weighted by Crippen LogP contribution is 2.28. The Morgan fingerprint density at radius 1 is 0.872 bits per heavy atom. The van der Waals surface area contributed by atoms with Crippen molar-refractivity contribution in [3.05, 3.63) is 125 Å². The Hall–Kier alpha value is -4.22. The van der Waals surface area contributed by atoms with Crippen LogP contribution in [0.15, 0.2) is 112 Å². The Kier molecular flexibility index (Phi) is 12.6. The van der Waals surface area contributed by atoms with E-state index in [1.54, 1.807) is 48.5 Å². The van der Waals surface area contributed by atoms with Crippen LogP contribution in [0.3, 0.4) is 0 Å². The van der Waals surface area contributed by atoms with Gasteiger partial charge in [-0.3, -0.25) is 13.9 Å². The van der Waals surface area contributed by atoms with Crippen LogP contribution in [0, 0.1) is 5.82 Å². The molecule has 0 fully saturated rings. The van der Waals surface area contributed by atoms with Crippen LogP contribution in [-0.4, -0.2) is 50.4 Å². The van der Waals surface area contributed by atoms with Gasteiger partial charge in [0.05, 0.1) is 17.2 Å². The molecule has 11 heteroatoms. The molecule has 2 unspecified atom stereocenters. The molecule has 4 rings (SSSR count). The van der Waals surface area contributed by atoms with E-state index in [1.165, 1.54) is 29.2 Å². The highest BCUT2D eigenvalue weighted by Gasteiger charge is 2.35. The van der Waals surface area contributed by atoms with Gasteiger partial charge in [0.15, 0.2) is 0 Å². The zero-order chi connectivity index (χ0) is 34.0. The number of carbonyl (C=O) groups is 2. The Morgan fingerprint density at radius 3 is 2.11 bits per heavy atom. The Bertz CT molecular complexity index is 1720. The van der Waals surface area contributed by atoms with Crippen molar-refractivity contribution < 1.29 is 27.1 Å². The van der Waals surface area contributed by atoms with E-state index in [2.05, 4.69) is 21.2 Å². The number of anilines is 1. The fourth-order valence-electron chi connectivity index (χ4n) is 4.92. The smallest absolute Gasteiger partial charge is 0.264 e. The molecule has 0 saturated carbocycles. The van der Waals surface area contributed by atoms with E-state index in [1.807, 2.05) is 51.1 Å². The van der Waals surface area contributed by atoms with Crippen LogP contribution in [0.1, 0.15) is 38.3 Å². The first-order valence-electron chi connectivity index (χ1n) is 15.4. The number of halogens is 2. The van der Waals surface area contributed by atoms with Crippen LogP contribution in [0.25, 0.3) is 0 Å². The predicted molar refractivity (Wildman–Crippen MR) is 185 cm³/mol. The molecule has 0 saturated heterocycles. The number of benzene rings is 4. The van der Waals surface area contributed by atoms with Crippen molar-refractivity contribution in [1.82, 2.24) is 10.2 Å². The number of nitrogens with zero attached hydrogens (tertiary/aromatic N) is 2. The van der Waals surface area contributed by atoms with Gasteiger partial charge < -0.3 is 15.0 Å². The van der Waals surface area contributed by atoms with Crippen molar-refractivity contribution >= 4 is 43.5 Å². The number of ether oxygens (including phenoxy) is 1. The highest BCUT2D eigenvalue weighted by atomic mass is 79.9. The van der Waals surface area contributed by atoms with Gasteiger partial charge >= 0.3 is 0 Å². The van der Waals surface area contributed by atoms with Gasteiger partial charge in [-0.25, -0.2) is 12.8 Å². The van der Waals surface area contributed by atoms with Gasteiger partial charge in [0.2, 0.25) is 11.8 Å². The van der Waals surface area contributed by atoms with Gasteiger partial charge in [-0.15, -0.1) is 0 Å². The van der Waals surface area contributed by atoms with Crippen molar-refractivity contribution in [1.29, 1.82) is 0 Å². The topological polar surface area (TPSA) is 96.0 Å². The summed E-state index contributed by atoms with van der Waals surface area (Å²) < 4.78 is 49.5. The van der Waals surface area contributed by atoms with Crippen molar-refractivity contribution in [3.8, 4) is 5.75 Å². The minimum Gasteiger partial charge on any atom is -0.494 e. The van der Waals surface area contributed by atoms with E-state index in [9.17, 15) is 22.4 Å². The average molecular weight is 725 g/mol. The number of carbonyl (C=O) groups excluding carboxylic acids is 2. The summed E-state index contributed by atoms with van der Waals surface area (Å²) in [7, 11) is -4.26. The number of hydrogen-bond donors (Lipinski definition) is 1. The first-order chi connectivity index (χ1) is 22.5. The second-order valence-corrected chi connectivity index (χ2v) is 13.8. The Labute approximate surface area is 284 Å². The molecule has 4 aromatic rings. The summed E-state index contributed by atoms with van der Waals surface area (Å²) in [5.74, 6) is -0.874. The number of rotatable bonds is 15. The molecule has 1 N–H and O–H groups in total. The molecule has 0 bridgehead atoms. The molecule has 2 amide bonds. The zero-order valence-corrected chi connectivity index (χ0v) is 29.0. The van der Waals surface area contributed by atoms with Gasteiger partial charge in [0, 0.05) is 23.5 Å². The summed E-state index contributed by atoms with van der Waals surface area (Å²) in [6.45, 7) is 5.44. The third-order valence-electron chi connectivity index (χ3n) is 7.65. The van der Waals surface area contributed by atoms with Crippen molar-refractivity contribution in [2.75, 3.05) is 17.5 Å². The lowest BCUT2D eigenvalue weighted by molar-refractivity contribution is -0.140. The normalized spacial score (nSPS) is 12.5. The Morgan fingerprint density at radius 2 is 1.51 bits per heavy atom. The lowest BCUT2D eigenvalue weighted by Crippen LogP contribution is -2.54. The van der Waals surface area contributed by atoms with E-state index in [0.29, 0.717) is 28.8 Å². The van der Waals surface area contributed by atoms with E-state index < -0.39 is 34.3 Å². The molecule has 0 radical (unpaired) electrons. The van der Waals surface area contributed by atoms with E-state index in [0.717, 1.165) is 9.87 Å². The predicted octanol–water partition coefficient (Wildman–Crippen LogP) is 6.74. The first kappa shape index (κ1) is 35.6. The van der Waals surface area contributed by atoms with Crippen LogP contribution < -0.4 is 14.4 Å². The van der Waals surface area contributed by atoms with E-state index in [4.69, 9.17) is 4.74 Å². The fourth-order valence-corrected chi connectivity index (χ4v) is 6.60. The summed E-state index contributed by atoms with van der Waals surface area (Å²) in [6.07, 6.45) is 0.852. The lowest BCUT2D eigenvalue weighted by Gasteiger charge is -2.34. The number of nitrogens with one attached hydrogen (secondary N) is 1. The molecule has 0 aliphatic rings. The second kappa shape index (κ2) is 16.6. The number of hydrogen-bond acceptors (Lipinski definition) is 5. The van der Waals surface area contributed by atoms with Gasteiger partial charge in [-0.05, 0) is 92.1 Å². The summed E-state index contributed by atoms with van der Waals surface area (Å²) in [4.78, 5) is 29.8. The minimum atomic E-state index is -4.26. The maximum absolute atomic E-state index is 14.5. The SMILES string of the molecule is CCOc1ccc(N(CC(=O)N(Cc2ccc(F)cc2)C(Cc2ccccc2)C(=O)NC(C)CC)S(=O)(=O)c2ccc(Br)cc2)cc1. The molecule has 47 heavy (non-hydrogen) atoms. The van der Waals surface area contributed by atoms with Gasteiger partial charge in [0.25, 0.3) is 10.0 Å². The summed E-state index contributed by atoms with van der Waals surface area (Å²) in [5.41, 5.74) is 1.65. The Balaban J connectivity index is 1.80. The zero-order valence-electron chi connectivity index (χ0n) is 26.6. The number of sulfonamides is 1. The van der Waals surface area contributed by atoms with Crippen LogP contribution in [0.4, 0.5) is 10.1 Å². The monoisotopic (exact) mass is 723 g/mol. The summed E-state index contributed by atoms with van der Waals surface area (Å²) in [5, 5.41) is 3.00. The quantitative estimate of drug-likeness (QED) is 0.147. The standard InChI is InChI=1S/C36H39BrFN3O5S/c1-4-26(3)39-36(43)34(23-27-9-7-6-8-10-27)40(24-28-11-15-30(38)16-12-28)35(42)25-41(31-17-19-32(20-18-31)46-5-2)47(44,45)33-21-13-29(37)14-22-33/h6-22,26,34H,4-5,23-25H2,1-3H3,(H,39,43). The lowest BCUT2D eigenvalue weighted by atomic mass is 10.0. The highest BCUT2D eigenvalue weighted by molar-refractivity contribution is 9.10. The minimum absolute atomic E-state index is 0.0113. The summed E-state index contributed by atoms with van der Waals surface area (Å²) in [6, 6.07) is 26.4. The first-order valence-corrected chi connectivity index (χ1v) is 17.6.